The second kappa shape index (κ2) is 6.26. The van der Waals surface area contributed by atoms with Crippen molar-refractivity contribution in [3.8, 4) is 0 Å². The van der Waals surface area contributed by atoms with E-state index in [4.69, 9.17) is 0 Å². The van der Waals surface area contributed by atoms with E-state index < -0.39 is 10.0 Å². The summed E-state index contributed by atoms with van der Waals surface area (Å²) in [4.78, 5) is 0. The Morgan fingerprint density at radius 2 is 1.95 bits per heavy atom. The van der Waals surface area contributed by atoms with Crippen LogP contribution < -0.4 is 4.72 Å². The highest BCUT2D eigenvalue weighted by molar-refractivity contribution is 7.90. The monoisotopic (exact) mass is 299 g/mol. The number of nitrogens with zero attached hydrogens (tertiary/aromatic N) is 2. The number of aryl methyl sites for hydroxylation is 2. The topological polar surface area (TPSA) is 64.0 Å². The molecule has 0 aliphatic heterocycles. The fourth-order valence-corrected chi connectivity index (χ4v) is 4.36. The third kappa shape index (κ3) is 3.82. The van der Waals surface area contributed by atoms with Gasteiger partial charge in [0.05, 0.1) is 17.5 Å². The van der Waals surface area contributed by atoms with Crippen molar-refractivity contribution in [3.05, 3.63) is 17.5 Å². The molecule has 1 aromatic heterocycles. The van der Waals surface area contributed by atoms with E-state index in [1.165, 1.54) is 0 Å². The van der Waals surface area contributed by atoms with Crippen LogP contribution in [-0.4, -0.2) is 30.0 Å². The number of rotatable bonds is 5. The van der Waals surface area contributed by atoms with Crippen LogP contribution in [0.2, 0.25) is 0 Å². The Labute approximate surface area is 121 Å². The fourth-order valence-electron chi connectivity index (χ4n) is 2.85. The second-order valence-electron chi connectivity index (χ2n) is 5.97. The molecule has 1 heterocycles. The molecule has 2 rings (SSSR count). The van der Waals surface area contributed by atoms with Crippen LogP contribution in [0.15, 0.2) is 6.07 Å². The van der Waals surface area contributed by atoms with Gasteiger partial charge in [0, 0.05) is 12.2 Å². The van der Waals surface area contributed by atoms with Crippen LogP contribution in [0.5, 0.6) is 0 Å². The van der Waals surface area contributed by atoms with Gasteiger partial charge in [-0.15, -0.1) is 0 Å². The van der Waals surface area contributed by atoms with Crippen LogP contribution in [0.25, 0.3) is 0 Å². The average Bonchev–Trinajstić information content (AvgIpc) is 2.68. The van der Waals surface area contributed by atoms with E-state index in [0.29, 0.717) is 19.0 Å². The summed E-state index contributed by atoms with van der Waals surface area (Å²) in [6.07, 6.45) is 3.61. The van der Waals surface area contributed by atoms with Crippen molar-refractivity contribution in [1.29, 1.82) is 0 Å². The minimum Gasteiger partial charge on any atom is -0.268 e. The van der Waals surface area contributed by atoms with Gasteiger partial charge in [-0.05, 0) is 51.5 Å². The molecule has 0 bridgehead atoms. The maximum atomic E-state index is 12.2. The largest absolute Gasteiger partial charge is 0.268 e. The first kappa shape index (κ1) is 15.5. The van der Waals surface area contributed by atoms with E-state index in [1.54, 1.807) is 0 Å². The van der Waals surface area contributed by atoms with Crippen molar-refractivity contribution in [2.45, 2.75) is 58.2 Å². The summed E-state index contributed by atoms with van der Waals surface area (Å²) in [7, 11) is -3.17. The molecule has 0 radical (unpaired) electrons. The van der Waals surface area contributed by atoms with Gasteiger partial charge in [0.25, 0.3) is 0 Å². The van der Waals surface area contributed by atoms with Crippen molar-refractivity contribution in [2.24, 2.45) is 5.92 Å². The molecule has 1 aliphatic rings. The average molecular weight is 299 g/mol. The minimum atomic E-state index is -3.17. The number of hydrogen-bond acceptors (Lipinski definition) is 3. The molecule has 0 saturated heterocycles. The zero-order valence-electron chi connectivity index (χ0n) is 12.6. The quantitative estimate of drug-likeness (QED) is 0.904. The number of hydrogen-bond donors (Lipinski definition) is 1. The molecule has 1 N–H and O–H groups in total. The van der Waals surface area contributed by atoms with Gasteiger partial charge in [-0.2, -0.15) is 5.10 Å². The molecular formula is C14H25N3O2S. The second-order valence-corrected chi connectivity index (χ2v) is 8.02. The van der Waals surface area contributed by atoms with Gasteiger partial charge in [0.1, 0.15) is 0 Å². The molecule has 0 aromatic carbocycles. The van der Waals surface area contributed by atoms with Gasteiger partial charge in [-0.1, -0.05) is 6.92 Å². The molecule has 6 heteroatoms. The van der Waals surface area contributed by atoms with E-state index in [1.807, 2.05) is 24.6 Å². The predicted molar refractivity (Wildman–Crippen MR) is 80.0 cm³/mol. The first-order valence-corrected chi connectivity index (χ1v) is 8.92. The van der Waals surface area contributed by atoms with Crippen LogP contribution in [0.4, 0.5) is 0 Å². The smallest absolute Gasteiger partial charge is 0.214 e. The third-order valence-electron chi connectivity index (χ3n) is 4.13. The summed E-state index contributed by atoms with van der Waals surface area (Å²) in [5, 5.41) is 4.12. The molecule has 0 atom stereocenters. The normalized spacial score (nSPS) is 23.9. The van der Waals surface area contributed by atoms with Crippen LogP contribution >= 0.6 is 0 Å². The molecule has 1 saturated carbocycles. The first-order valence-electron chi connectivity index (χ1n) is 7.38. The summed E-state index contributed by atoms with van der Waals surface area (Å²) in [5.74, 6) is 0.663. The molecule has 1 aromatic rings. The van der Waals surface area contributed by atoms with Crippen molar-refractivity contribution in [1.82, 2.24) is 14.5 Å². The number of sulfonamides is 1. The zero-order valence-corrected chi connectivity index (χ0v) is 13.4. The van der Waals surface area contributed by atoms with Crippen LogP contribution in [0.1, 0.15) is 44.0 Å². The third-order valence-corrected chi connectivity index (χ3v) is 6.09. The summed E-state index contributed by atoms with van der Waals surface area (Å²) in [6.45, 7) is 7.12. The zero-order chi connectivity index (χ0) is 14.8. The van der Waals surface area contributed by atoms with Gasteiger partial charge in [0.15, 0.2) is 0 Å². The van der Waals surface area contributed by atoms with E-state index in [9.17, 15) is 8.42 Å². The highest BCUT2D eigenvalue weighted by Crippen LogP contribution is 2.27. The van der Waals surface area contributed by atoms with E-state index >= 15 is 0 Å². The Morgan fingerprint density at radius 1 is 1.30 bits per heavy atom. The standard InChI is InChI=1S/C14H25N3O2S/c1-11-4-6-14(7-5-11)20(18,19)15-8-9-17-13(3)10-12(2)16-17/h10-11,14-15H,4-9H2,1-3H3. The molecule has 0 amide bonds. The van der Waals surface area contributed by atoms with Crippen molar-refractivity contribution in [3.63, 3.8) is 0 Å². The van der Waals surface area contributed by atoms with Crippen LogP contribution in [0, 0.1) is 19.8 Å². The summed E-state index contributed by atoms with van der Waals surface area (Å²) in [5.41, 5.74) is 2.03. The van der Waals surface area contributed by atoms with Crippen molar-refractivity contribution >= 4 is 10.0 Å². The van der Waals surface area contributed by atoms with Gasteiger partial charge in [-0.25, -0.2) is 13.1 Å². The molecular weight excluding hydrogens is 274 g/mol. The highest BCUT2D eigenvalue weighted by Gasteiger charge is 2.28. The van der Waals surface area contributed by atoms with Gasteiger partial charge >= 0.3 is 0 Å². The maximum Gasteiger partial charge on any atom is 0.214 e. The van der Waals surface area contributed by atoms with E-state index in [2.05, 4.69) is 16.7 Å². The number of aromatic nitrogens is 2. The van der Waals surface area contributed by atoms with Gasteiger partial charge in [0.2, 0.25) is 10.0 Å². The summed E-state index contributed by atoms with van der Waals surface area (Å²) >= 11 is 0. The Bertz CT molecular complexity index is 543. The van der Waals surface area contributed by atoms with Crippen molar-refractivity contribution in [2.75, 3.05) is 6.54 Å². The SMILES string of the molecule is Cc1cc(C)n(CCNS(=O)(=O)C2CCC(C)CC2)n1. The van der Waals surface area contributed by atoms with E-state index in [0.717, 1.165) is 37.1 Å². The Kier molecular flexibility index (Phi) is 4.86. The Balaban J connectivity index is 1.85. The molecule has 1 aliphatic carbocycles. The lowest BCUT2D eigenvalue weighted by Crippen LogP contribution is -2.38. The lowest BCUT2D eigenvalue weighted by Gasteiger charge is -2.26. The van der Waals surface area contributed by atoms with Crippen molar-refractivity contribution < 1.29 is 8.42 Å². The molecule has 0 spiro atoms. The Hall–Kier alpha value is -0.880. The van der Waals surface area contributed by atoms with Crippen LogP contribution in [0.3, 0.4) is 0 Å². The lowest BCUT2D eigenvalue weighted by atomic mass is 9.91. The fraction of sp³-hybridized carbons (Fsp3) is 0.786. The minimum absolute atomic E-state index is 0.209. The lowest BCUT2D eigenvalue weighted by molar-refractivity contribution is 0.380. The predicted octanol–water partition coefficient (Wildman–Crippen LogP) is 2.00. The highest BCUT2D eigenvalue weighted by atomic mass is 32.2. The van der Waals surface area contributed by atoms with E-state index in [-0.39, 0.29) is 5.25 Å². The Morgan fingerprint density at radius 3 is 2.50 bits per heavy atom. The molecule has 20 heavy (non-hydrogen) atoms. The maximum absolute atomic E-state index is 12.2. The van der Waals surface area contributed by atoms with Crippen LogP contribution in [-0.2, 0) is 16.6 Å². The molecule has 5 nitrogen and oxygen atoms in total. The summed E-state index contributed by atoms with van der Waals surface area (Å²) in [6, 6.07) is 2.00. The molecule has 0 unspecified atom stereocenters. The summed E-state index contributed by atoms with van der Waals surface area (Å²) < 4.78 is 29.1. The van der Waals surface area contributed by atoms with Gasteiger partial charge < -0.3 is 0 Å². The first-order chi connectivity index (χ1) is 9.38. The van der Waals surface area contributed by atoms with Gasteiger partial charge in [-0.3, -0.25) is 4.68 Å². The molecule has 1 fully saturated rings. The number of nitrogens with one attached hydrogen (secondary N) is 1. The molecule has 114 valence electrons.